The highest BCUT2D eigenvalue weighted by Gasteiger charge is 2.13. The molecule has 0 fully saturated rings. The molecule has 1 nitrogen and oxygen atoms in total. The second kappa shape index (κ2) is 5.82. The predicted octanol–water partition coefficient (Wildman–Crippen LogP) is 4.36. The van der Waals surface area contributed by atoms with Gasteiger partial charge in [-0.05, 0) is 30.1 Å². The van der Waals surface area contributed by atoms with Gasteiger partial charge >= 0.3 is 0 Å². The molecule has 2 aromatic rings. The van der Waals surface area contributed by atoms with Gasteiger partial charge < -0.3 is 5.32 Å². The minimum Gasteiger partial charge on any atom is -0.309 e. The van der Waals surface area contributed by atoms with Crippen LogP contribution >= 0.6 is 34.3 Å². The van der Waals surface area contributed by atoms with Gasteiger partial charge in [0.1, 0.15) is 0 Å². The molecule has 1 atom stereocenters. The summed E-state index contributed by atoms with van der Waals surface area (Å²) < 4.78 is 0.865. The van der Waals surface area contributed by atoms with E-state index in [1.807, 2.05) is 17.4 Å². The lowest BCUT2D eigenvalue weighted by Gasteiger charge is -2.15. The number of rotatable bonds is 5. The number of hydrogen-bond acceptors (Lipinski definition) is 3. The second-order valence-electron chi connectivity index (χ2n) is 3.54. The Bertz CT molecular complexity index is 422. The summed E-state index contributed by atoms with van der Waals surface area (Å²) in [6.07, 6.45) is 1.04. The summed E-state index contributed by atoms with van der Waals surface area (Å²) >= 11 is 9.46. The Morgan fingerprint density at radius 3 is 2.81 bits per heavy atom. The van der Waals surface area contributed by atoms with E-state index < -0.39 is 0 Å². The van der Waals surface area contributed by atoms with Crippen molar-refractivity contribution < 1.29 is 0 Å². The predicted molar refractivity (Wildman–Crippen MR) is 73.8 cm³/mol. The Labute approximate surface area is 109 Å². The van der Waals surface area contributed by atoms with Crippen molar-refractivity contribution in [2.24, 2.45) is 0 Å². The smallest absolute Gasteiger partial charge is 0.0931 e. The van der Waals surface area contributed by atoms with Crippen LogP contribution in [0, 0.1) is 0 Å². The molecule has 1 N–H and O–H groups in total. The van der Waals surface area contributed by atoms with Crippen molar-refractivity contribution in [1.82, 2.24) is 5.32 Å². The molecule has 2 rings (SSSR count). The quantitative estimate of drug-likeness (QED) is 0.852. The normalized spacial score (nSPS) is 12.9. The number of hydrogen-bond donors (Lipinski definition) is 1. The van der Waals surface area contributed by atoms with Crippen LogP contribution in [0.1, 0.15) is 22.7 Å². The first-order chi connectivity index (χ1) is 7.79. The molecule has 0 saturated carbocycles. The minimum absolute atomic E-state index is 0.390. The maximum Gasteiger partial charge on any atom is 0.0931 e. The molecule has 0 aliphatic carbocycles. The van der Waals surface area contributed by atoms with E-state index in [0.717, 1.165) is 17.3 Å². The van der Waals surface area contributed by atoms with Crippen molar-refractivity contribution in [3.05, 3.63) is 43.7 Å². The van der Waals surface area contributed by atoms with Gasteiger partial charge in [-0.25, -0.2) is 0 Å². The Hall–Kier alpha value is -0.350. The lowest BCUT2D eigenvalue weighted by molar-refractivity contribution is 0.562. The van der Waals surface area contributed by atoms with Crippen LogP contribution in [0.2, 0.25) is 4.34 Å². The van der Waals surface area contributed by atoms with Crippen molar-refractivity contribution in [2.75, 3.05) is 6.54 Å². The van der Waals surface area contributed by atoms with Crippen molar-refractivity contribution in [3.8, 4) is 0 Å². The van der Waals surface area contributed by atoms with Crippen LogP contribution < -0.4 is 5.32 Å². The van der Waals surface area contributed by atoms with E-state index in [1.54, 1.807) is 11.3 Å². The highest BCUT2D eigenvalue weighted by atomic mass is 35.5. The zero-order chi connectivity index (χ0) is 11.4. The number of nitrogens with one attached hydrogen (secondary N) is 1. The summed E-state index contributed by atoms with van der Waals surface area (Å²) in [4.78, 5) is 2.73. The minimum atomic E-state index is 0.390. The summed E-state index contributed by atoms with van der Waals surface area (Å²) in [6, 6.07) is 8.77. The van der Waals surface area contributed by atoms with Gasteiger partial charge in [0.15, 0.2) is 0 Å². The average Bonchev–Trinajstić information content (AvgIpc) is 2.88. The Morgan fingerprint density at radius 2 is 2.25 bits per heavy atom. The van der Waals surface area contributed by atoms with Crippen molar-refractivity contribution in [3.63, 3.8) is 0 Å². The van der Waals surface area contributed by atoms with Crippen molar-refractivity contribution >= 4 is 34.3 Å². The maximum atomic E-state index is 5.98. The van der Waals surface area contributed by atoms with Gasteiger partial charge in [-0.2, -0.15) is 0 Å². The number of halogens is 1. The molecule has 2 aromatic heterocycles. The first-order valence-corrected chi connectivity index (χ1v) is 7.38. The standard InChI is InChI=1S/C12H14ClNS2/c1-2-14-10(8-9-4-3-7-15-9)11-5-6-12(13)16-11/h3-7,10,14H,2,8H2,1H3. The lowest BCUT2D eigenvalue weighted by Crippen LogP contribution is -2.21. The molecule has 0 aliphatic rings. The Morgan fingerprint density at radius 1 is 1.38 bits per heavy atom. The second-order valence-corrected chi connectivity index (χ2v) is 6.31. The SMILES string of the molecule is CCNC(Cc1cccs1)c1ccc(Cl)s1. The molecule has 1 unspecified atom stereocenters. The Kier molecular flexibility index (Phi) is 4.41. The van der Waals surface area contributed by atoms with Gasteiger partial charge in [-0.3, -0.25) is 0 Å². The topological polar surface area (TPSA) is 12.0 Å². The van der Waals surface area contributed by atoms with Crippen LogP contribution in [0.4, 0.5) is 0 Å². The Balaban J connectivity index is 2.11. The summed E-state index contributed by atoms with van der Waals surface area (Å²) in [7, 11) is 0. The molecule has 16 heavy (non-hydrogen) atoms. The van der Waals surface area contributed by atoms with Crippen LogP contribution in [0.5, 0.6) is 0 Å². The zero-order valence-electron chi connectivity index (χ0n) is 9.07. The van der Waals surface area contributed by atoms with Crippen LogP contribution in [-0.2, 0) is 6.42 Å². The highest BCUT2D eigenvalue weighted by Crippen LogP contribution is 2.29. The van der Waals surface area contributed by atoms with Crippen LogP contribution in [-0.4, -0.2) is 6.54 Å². The third-order valence-corrected chi connectivity index (χ3v) is 4.62. The fourth-order valence-corrected chi connectivity index (χ4v) is 3.55. The highest BCUT2D eigenvalue weighted by molar-refractivity contribution is 7.16. The fraction of sp³-hybridized carbons (Fsp3) is 0.333. The monoisotopic (exact) mass is 271 g/mol. The largest absolute Gasteiger partial charge is 0.309 e. The molecular weight excluding hydrogens is 258 g/mol. The first kappa shape index (κ1) is 12.1. The molecule has 0 spiro atoms. The van der Waals surface area contributed by atoms with E-state index in [1.165, 1.54) is 9.75 Å². The molecule has 0 saturated heterocycles. The van der Waals surface area contributed by atoms with Gasteiger partial charge in [0.25, 0.3) is 0 Å². The lowest BCUT2D eigenvalue weighted by atomic mass is 10.1. The molecule has 0 bridgehead atoms. The fourth-order valence-electron chi connectivity index (χ4n) is 1.67. The van der Waals surface area contributed by atoms with E-state index in [-0.39, 0.29) is 0 Å². The third-order valence-electron chi connectivity index (χ3n) is 2.37. The molecule has 86 valence electrons. The molecule has 0 aromatic carbocycles. The van der Waals surface area contributed by atoms with E-state index >= 15 is 0 Å². The van der Waals surface area contributed by atoms with E-state index in [0.29, 0.717) is 6.04 Å². The molecular formula is C12H14ClNS2. The average molecular weight is 272 g/mol. The summed E-state index contributed by atoms with van der Waals surface area (Å²) in [5.74, 6) is 0. The summed E-state index contributed by atoms with van der Waals surface area (Å²) in [5, 5.41) is 5.63. The van der Waals surface area contributed by atoms with Gasteiger partial charge in [-0.1, -0.05) is 24.6 Å². The first-order valence-electron chi connectivity index (χ1n) is 5.30. The van der Waals surface area contributed by atoms with Gasteiger partial charge in [0.2, 0.25) is 0 Å². The van der Waals surface area contributed by atoms with Gasteiger partial charge in [0.05, 0.1) is 4.34 Å². The van der Waals surface area contributed by atoms with E-state index in [2.05, 4.69) is 35.8 Å². The van der Waals surface area contributed by atoms with Crippen LogP contribution in [0.15, 0.2) is 29.6 Å². The van der Waals surface area contributed by atoms with Crippen LogP contribution in [0.25, 0.3) is 0 Å². The van der Waals surface area contributed by atoms with Crippen LogP contribution in [0.3, 0.4) is 0 Å². The summed E-state index contributed by atoms with van der Waals surface area (Å²) in [5.41, 5.74) is 0. The molecule has 0 radical (unpaired) electrons. The maximum absolute atomic E-state index is 5.98. The van der Waals surface area contributed by atoms with Gasteiger partial charge in [-0.15, -0.1) is 22.7 Å². The number of likely N-dealkylation sites (N-methyl/N-ethyl adjacent to an activating group) is 1. The third kappa shape index (κ3) is 3.08. The van der Waals surface area contributed by atoms with E-state index in [4.69, 9.17) is 11.6 Å². The zero-order valence-corrected chi connectivity index (χ0v) is 11.5. The van der Waals surface area contributed by atoms with Crippen molar-refractivity contribution in [2.45, 2.75) is 19.4 Å². The van der Waals surface area contributed by atoms with Crippen molar-refractivity contribution in [1.29, 1.82) is 0 Å². The molecule has 2 heterocycles. The summed E-state index contributed by atoms with van der Waals surface area (Å²) in [6.45, 7) is 3.11. The molecule has 0 amide bonds. The van der Waals surface area contributed by atoms with E-state index in [9.17, 15) is 0 Å². The molecule has 4 heteroatoms. The van der Waals surface area contributed by atoms with Gasteiger partial charge in [0, 0.05) is 22.2 Å². The molecule has 0 aliphatic heterocycles. The number of thiophene rings is 2.